The summed E-state index contributed by atoms with van der Waals surface area (Å²) in [4.78, 5) is 26.4. The zero-order valence-electron chi connectivity index (χ0n) is 16.3. The fourth-order valence-electron chi connectivity index (χ4n) is 3.50. The van der Waals surface area contributed by atoms with Gasteiger partial charge in [0.25, 0.3) is 5.91 Å². The number of piperidine rings is 1. The van der Waals surface area contributed by atoms with E-state index in [0.717, 1.165) is 31.6 Å². The summed E-state index contributed by atoms with van der Waals surface area (Å²) in [6.07, 6.45) is 2.01. The third kappa shape index (κ3) is 6.35. The molecule has 1 heterocycles. The molecule has 0 saturated carbocycles. The number of halogens is 4. The molecule has 8 heteroatoms. The number of hydrogen-bond acceptors (Lipinski definition) is 3. The van der Waals surface area contributed by atoms with Crippen LogP contribution in [0, 0.1) is 0 Å². The predicted octanol–water partition coefficient (Wildman–Crippen LogP) is 5.87. The predicted molar refractivity (Wildman–Crippen MR) is 123 cm³/mol. The standard InChI is InChI=1S/C22H22Cl4N2O2/c23-16-2-3-18(20(25)12-16)22(30)27-13-15(14-1-4-19(24)21(26)11-14)5-8-28-9-6-17(29)7-10-28/h1-4,11-12,15H,5-10,13H2,(H,27,30). The van der Waals surface area contributed by atoms with Crippen molar-refractivity contribution in [2.24, 2.45) is 0 Å². The van der Waals surface area contributed by atoms with Crippen LogP contribution in [0.5, 0.6) is 0 Å². The number of likely N-dealkylation sites (tertiary alicyclic amines) is 1. The van der Waals surface area contributed by atoms with Crippen molar-refractivity contribution in [2.75, 3.05) is 26.2 Å². The van der Waals surface area contributed by atoms with E-state index >= 15 is 0 Å². The van der Waals surface area contributed by atoms with Crippen molar-refractivity contribution in [3.63, 3.8) is 0 Å². The van der Waals surface area contributed by atoms with Crippen molar-refractivity contribution in [2.45, 2.75) is 25.2 Å². The molecule has 1 aliphatic rings. The minimum atomic E-state index is -0.259. The highest BCUT2D eigenvalue weighted by molar-refractivity contribution is 6.42. The summed E-state index contributed by atoms with van der Waals surface area (Å²) in [6.45, 7) is 2.80. The number of carbonyl (C=O) groups excluding carboxylic acids is 2. The number of nitrogens with one attached hydrogen (secondary N) is 1. The van der Waals surface area contributed by atoms with Crippen LogP contribution in [0.1, 0.15) is 41.1 Å². The van der Waals surface area contributed by atoms with Gasteiger partial charge in [0.2, 0.25) is 0 Å². The van der Waals surface area contributed by atoms with Gasteiger partial charge in [0.05, 0.1) is 20.6 Å². The van der Waals surface area contributed by atoms with Gasteiger partial charge >= 0.3 is 0 Å². The quantitative estimate of drug-likeness (QED) is 0.531. The summed E-state index contributed by atoms with van der Waals surface area (Å²) in [5.41, 5.74) is 1.38. The van der Waals surface area contributed by atoms with Crippen molar-refractivity contribution < 1.29 is 9.59 Å². The normalized spacial score (nSPS) is 15.8. The van der Waals surface area contributed by atoms with Crippen molar-refractivity contribution >= 4 is 58.1 Å². The molecule has 30 heavy (non-hydrogen) atoms. The van der Waals surface area contributed by atoms with E-state index in [1.807, 2.05) is 12.1 Å². The fourth-order valence-corrected chi connectivity index (χ4v) is 4.30. The molecule has 1 saturated heterocycles. The molecule has 1 aliphatic heterocycles. The third-order valence-electron chi connectivity index (χ3n) is 5.31. The molecule has 2 aromatic carbocycles. The minimum absolute atomic E-state index is 0.0346. The van der Waals surface area contributed by atoms with Crippen LogP contribution in [-0.2, 0) is 4.79 Å². The summed E-state index contributed by atoms with van der Waals surface area (Å²) in [5, 5.41) is 4.73. The first-order valence-electron chi connectivity index (χ1n) is 9.75. The second kappa shape index (κ2) is 10.8. The largest absolute Gasteiger partial charge is 0.351 e. The highest BCUT2D eigenvalue weighted by Crippen LogP contribution is 2.29. The average molecular weight is 488 g/mol. The smallest absolute Gasteiger partial charge is 0.252 e. The number of nitrogens with zero attached hydrogens (tertiary/aromatic N) is 1. The lowest BCUT2D eigenvalue weighted by molar-refractivity contribution is -0.121. The van der Waals surface area contributed by atoms with E-state index < -0.39 is 0 Å². The molecule has 0 bridgehead atoms. The summed E-state index contributed by atoms with van der Waals surface area (Å²) in [7, 11) is 0. The Morgan fingerprint density at radius 2 is 1.70 bits per heavy atom. The number of rotatable bonds is 7. The lowest BCUT2D eigenvalue weighted by atomic mass is 9.94. The van der Waals surface area contributed by atoms with E-state index in [0.29, 0.717) is 50.8 Å². The van der Waals surface area contributed by atoms with Gasteiger partial charge < -0.3 is 10.2 Å². The van der Waals surface area contributed by atoms with E-state index in [2.05, 4.69) is 10.2 Å². The summed E-state index contributed by atoms with van der Waals surface area (Å²) >= 11 is 24.4. The molecule has 1 atom stereocenters. The molecule has 160 valence electrons. The molecule has 0 spiro atoms. The van der Waals surface area contributed by atoms with E-state index in [9.17, 15) is 9.59 Å². The van der Waals surface area contributed by atoms with Gasteiger partial charge in [-0.3, -0.25) is 9.59 Å². The SMILES string of the molecule is O=C1CCN(CCC(CNC(=O)c2ccc(Cl)cc2Cl)c2ccc(Cl)c(Cl)c2)CC1. The number of carbonyl (C=O) groups is 2. The molecule has 0 aliphatic carbocycles. The molecule has 2 aromatic rings. The number of ketones is 1. The van der Waals surface area contributed by atoms with Crippen molar-refractivity contribution in [3.8, 4) is 0 Å². The van der Waals surface area contributed by atoms with Crippen LogP contribution in [0.2, 0.25) is 20.1 Å². The van der Waals surface area contributed by atoms with E-state index in [1.54, 1.807) is 24.3 Å². The van der Waals surface area contributed by atoms with Crippen LogP contribution < -0.4 is 5.32 Å². The van der Waals surface area contributed by atoms with Crippen molar-refractivity contribution in [1.82, 2.24) is 10.2 Å². The molecule has 0 aromatic heterocycles. The first kappa shape index (κ1) is 23.4. The maximum absolute atomic E-state index is 12.6. The van der Waals surface area contributed by atoms with Gasteiger partial charge in [0.15, 0.2) is 0 Å². The molecule has 1 N–H and O–H groups in total. The monoisotopic (exact) mass is 486 g/mol. The van der Waals surface area contributed by atoms with Gasteiger partial charge in [-0.05, 0) is 48.9 Å². The molecular weight excluding hydrogens is 466 g/mol. The molecular formula is C22H22Cl4N2O2. The van der Waals surface area contributed by atoms with Crippen LogP contribution in [0.15, 0.2) is 36.4 Å². The summed E-state index contributed by atoms with van der Waals surface area (Å²) in [5.74, 6) is 0.0945. The number of hydrogen-bond donors (Lipinski definition) is 1. The molecule has 0 radical (unpaired) electrons. The van der Waals surface area contributed by atoms with Crippen molar-refractivity contribution in [3.05, 3.63) is 67.6 Å². The topological polar surface area (TPSA) is 49.4 Å². The summed E-state index contributed by atoms with van der Waals surface area (Å²) < 4.78 is 0. The Labute approximate surface area is 196 Å². The van der Waals surface area contributed by atoms with E-state index in [1.165, 1.54) is 0 Å². The maximum Gasteiger partial charge on any atom is 0.252 e. The van der Waals surface area contributed by atoms with Gasteiger partial charge in [-0.2, -0.15) is 0 Å². The lowest BCUT2D eigenvalue weighted by Crippen LogP contribution is -2.36. The third-order valence-corrected chi connectivity index (χ3v) is 6.59. The zero-order valence-corrected chi connectivity index (χ0v) is 19.3. The first-order chi connectivity index (χ1) is 14.3. The molecule has 1 amide bonds. The average Bonchev–Trinajstić information content (AvgIpc) is 2.71. The molecule has 3 rings (SSSR count). The van der Waals surface area contributed by atoms with Crippen LogP contribution >= 0.6 is 46.4 Å². The van der Waals surface area contributed by atoms with Crippen molar-refractivity contribution in [1.29, 1.82) is 0 Å². The van der Waals surface area contributed by atoms with Crippen LogP contribution in [0.4, 0.5) is 0 Å². The first-order valence-corrected chi connectivity index (χ1v) is 11.3. The minimum Gasteiger partial charge on any atom is -0.351 e. The second-order valence-electron chi connectivity index (χ2n) is 7.37. The van der Waals surface area contributed by atoms with Gasteiger partial charge in [0, 0.05) is 43.4 Å². The van der Waals surface area contributed by atoms with E-state index in [4.69, 9.17) is 46.4 Å². The molecule has 4 nitrogen and oxygen atoms in total. The Bertz CT molecular complexity index is 925. The van der Waals surface area contributed by atoms with E-state index in [-0.39, 0.29) is 11.8 Å². The van der Waals surface area contributed by atoms with Gasteiger partial charge in [-0.25, -0.2) is 0 Å². The van der Waals surface area contributed by atoms with Crippen LogP contribution in [-0.4, -0.2) is 42.8 Å². The highest BCUT2D eigenvalue weighted by Gasteiger charge is 2.20. The number of amides is 1. The highest BCUT2D eigenvalue weighted by atomic mass is 35.5. The van der Waals surface area contributed by atoms with Gasteiger partial charge in [-0.15, -0.1) is 0 Å². The van der Waals surface area contributed by atoms with Gasteiger partial charge in [-0.1, -0.05) is 52.5 Å². The number of Topliss-reactive ketones (excluding diaryl/α,β-unsaturated/α-hetero) is 1. The van der Waals surface area contributed by atoms with Crippen LogP contribution in [0.25, 0.3) is 0 Å². The summed E-state index contributed by atoms with van der Waals surface area (Å²) in [6, 6.07) is 10.3. The lowest BCUT2D eigenvalue weighted by Gasteiger charge is -2.28. The molecule has 1 fully saturated rings. The fraction of sp³-hybridized carbons (Fsp3) is 0.364. The molecule has 1 unspecified atom stereocenters. The Morgan fingerprint density at radius 3 is 2.37 bits per heavy atom. The second-order valence-corrected chi connectivity index (χ2v) is 9.03. The Morgan fingerprint density at radius 1 is 0.967 bits per heavy atom. The zero-order chi connectivity index (χ0) is 21.7. The Balaban J connectivity index is 1.69. The maximum atomic E-state index is 12.6. The number of benzene rings is 2. The van der Waals surface area contributed by atoms with Gasteiger partial charge in [0.1, 0.15) is 5.78 Å². The Kier molecular flexibility index (Phi) is 8.44. The van der Waals surface area contributed by atoms with Crippen LogP contribution in [0.3, 0.4) is 0 Å². The Hall–Kier alpha value is -1.30.